The first-order chi connectivity index (χ1) is 19.3. The van der Waals surface area contributed by atoms with Crippen LogP contribution in [0, 0.1) is 23.0 Å². The molecule has 1 heterocycles. The van der Waals surface area contributed by atoms with Gasteiger partial charge >= 0.3 is 5.97 Å². The number of hydrogen-bond donors (Lipinski definition) is 1. The molecule has 1 saturated heterocycles. The van der Waals surface area contributed by atoms with E-state index in [1.165, 1.54) is 23.1 Å². The quantitative estimate of drug-likeness (QED) is 0.181. The average Bonchev–Trinajstić information content (AvgIpc) is 3.35. The van der Waals surface area contributed by atoms with E-state index in [9.17, 15) is 24.5 Å². The maximum absolute atomic E-state index is 12.7. The molecule has 1 aliphatic rings. The zero-order chi connectivity index (χ0) is 28.2. The topological polar surface area (TPSA) is 128 Å². The molecule has 1 N–H and O–H groups in total. The normalized spacial score (nSPS) is 14.7. The van der Waals surface area contributed by atoms with Gasteiger partial charge in [-0.05, 0) is 48.7 Å². The van der Waals surface area contributed by atoms with Crippen molar-refractivity contribution in [2.24, 2.45) is 5.92 Å². The minimum atomic E-state index is -0.729. The summed E-state index contributed by atoms with van der Waals surface area (Å²) in [6, 6.07) is 25.0. The van der Waals surface area contributed by atoms with Crippen LogP contribution in [0.2, 0.25) is 0 Å². The number of rotatable bonds is 8. The van der Waals surface area contributed by atoms with E-state index in [1.54, 1.807) is 31.2 Å². The summed E-state index contributed by atoms with van der Waals surface area (Å²) in [5, 5.41) is 15.6. The highest BCUT2D eigenvalue weighted by Crippen LogP contribution is 2.32. The molecule has 4 aromatic rings. The Morgan fingerprint density at radius 2 is 1.77 bits per heavy atom. The summed E-state index contributed by atoms with van der Waals surface area (Å²) in [6.07, 6.45) is -0.0428. The maximum Gasteiger partial charge on any atom is 0.311 e. The number of esters is 1. The molecule has 0 spiro atoms. The minimum absolute atomic E-state index is 0.0428. The molecular formula is C30H25N3O7. The number of carbonyl (C=O) groups excluding carboxylic acids is 3. The van der Waals surface area contributed by atoms with Gasteiger partial charge in [0.1, 0.15) is 11.5 Å². The van der Waals surface area contributed by atoms with Gasteiger partial charge in [-0.1, -0.05) is 42.5 Å². The fourth-order valence-corrected chi connectivity index (χ4v) is 4.56. The number of nitro benzene ring substituents is 1. The fraction of sp³-hybridized carbons (Fsp3) is 0.167. The predicted molar refractivity (Wildman–Crippen MR) is 148 cm³/mol. The Balaban J connectivity index is 1.16. The molecule has 2 amide bonds. The number of aryl methyl sites for hydroxylation is 1. The number of carbonyl (C=O) groups is 3. The molecule has 0 radical (unpaired) electrons. The Hall–Kier alpha value is -5.25. The Labute approximate surface area is 229 Å². The lowest BCUT2D eigenvalue weighted by Crippen LogP contribution is -2.28. The molecule has 0 aliphatic carbocycles. The van der Waals surface area contributed by atoms with Crippen molar-refractivity contribution in [1.29, 1.82) is 0 Å². The van der Waals surface area contributed by atoms with E-state index >= 15 is 0 Å². The number of ether oxygens (including phenoxy) is 2. The van der Waals surface area contributed by atoms with Gasteiger partial charge in [-0.25, -0.2) is 0 Å². The number of nitrogens with zero attached hydrogens (tertiary/aromatic N) is 2. The van der Waals surface area contributed by atoms with E-state index in [1.807, 2.05) is 42.5 Å². The summed E-state index contributed by atoms with van der Waals surface area (Å²) in [4.78, 5) is 49.5. The van der Waals surface area contributed by atoms with E-state index in [0.29, 0.717) is 17.0 Å². The Morgan fingerprint density at radius 3 is 2.55 bits per heavy atom. The number of nitrogens with one attached hydrogen (secondary N) is 1. The largest absolute Gasteiger partial charge is 0.457 e. The van der Waals surface area contributed by atoms with Crippen LogP contribution in [0.3, 0.4) is 0 Å². The van der Waals surface area contributed by atoms with Gasteiger partial charge in [0.05, 0.1) is 10.8 Å². The average molecular weight is 540 g/mol. The van der Waals surface area contributed by atoms with Gasteiger partial charge in [-0.15, -0.1) is 0 Å². The Bertz CT molecular complexity index is 1610. The first-order valence-electron chi connectivity index (χ1n) is 12.6. The third kappa shape index (κ3) is 5.75. The highest BCUT2D eigenvalue weighted by Gasteiger charge is 2.36. The number of nitro groups is 1. The third-order valence-corrected chi connectivity index (χ3v) is 6.62. The van der Waals surface area contributed by atoms with Crippen molar-refractivity contribution in [3.8, 4) is 11.5 Å². The molecule has 1 atom stereocenters. The number of fused-ring (bicyclic) bond motifs is 1. The van der Waals surface area contributed by atoms with Gasteiger partial charge in [-0.3, -0.25) is 24.5 Å². The van der Waals surface area contributed by atoms with Crippen molar-refractivity contribution in [2.75, 3.05) is 23.4 Å². The van der Waals surface area contributed by atoms with Crippen molar-refractivity contribution >= 4 is 45.6 Å². The number of amides is 2. The first-order valence-corrected chi connectivity index (χ1v) is 12.6. The molecule has 5 rings (SSSR count). The van der Waals surface area contributed by atoms with Crippen LogP contribution in [0.25, 0.3) is 10.8 Å². The van der Waals surface area contributed by atoms with Gasteiger partial charge in [0.2, 0.25) is 5.91 Å². The van der Waals surface area contributed by atoms with Crippen LogP contribution in [0.15, 0.2) is 84.9 Å². The van der Waals surface area contributed by atoms with E-state index < -0.39 is 29.3 Å². The second-order valence-corrected chi connectivity index (χ2v) is 9.39. The van der Waals surface area contributed by atoms with Gasteiger partial charge in [0.15, 0.2) is 6.61 Å². The summed E-state index contributed by atoms with van der Waals surface area (Å²) in [5.41, 5.74) is 1.15. The van der Waals surface area contributed by atoms with E-state index in [-0.39, 0.29) is 30.2 Å². The minimum Gasteiger partial charge on any atom is -0.457 e. The van der Waals surface area contributed by atoms with Crippen molar-refractivity contribution in [1.82, 2.24) is 0 Å². The molecule has 0 unspecified atom stereocenters. The molecule has 10 heteroatoms. The van der Waals surface area contributed by atoms with Crippen molar-refractivity contribution in [3.05, 3.63) is 101 Å². The molecular weight excluding hydrogens is 514 g/mol. The van der Waals surface area contributed by atoms with Crippen LogP contribution < -0.4 is 15.0 Å². The Morgan fingerprint density at radius 1 is 1.02 bits per heavy atom. The van der Waals surface area contributed by atoms with Crippen molar-refractivity contribution in [2.45, 2.75) is 13.3 Å². The van der Waals surface area contributed by atoms with Crippen LogP contribution in [0.4, 0.5) is 17.1 Å². The first kappa shape index (κ1) is 26.4. The molecule has 40 heavy (non-hydrogen) atoms. The van der Waals surface area contributed by atoms with E-state index in [0.717, 1.165) is 16.5 Å². The predicted octanol–water partition coefficient (Wildman–Crippen LogP) is 5.38. The number of hydrogen-bond acceptors (Lipinski definition) is 7. The van der Waals surface area contributed by atoms with Crippen LogP contribution in [-0.2, 0) is 19.1 Å². The number of benzene rings is 4. The van der Waals surface area contributed by atoms with Gasteiger partial charge in [0, 0.05) is 41.4 Å². The summed E-state index contributed by atoms with van der Waals surface area (Å²) >= 11 is 0. The lowest BCUT2D eigenvalue weighted by atomic mass is 10.1. The molecule has 1 aliphatic heterocycles. The number of anilines is 2. The summed E-state index contributed by atoms with van der Waals surface area (Å²) in [5.74, 6) is -0.956. The zero-order valence-electron chi connectivity index (χ0n) is 21.5. The molecule has 0 aromatic heterocycles. The van der Waals surface area contributed by atoms with Crippen LogP contribution >= 0.6 is 0 Å². The van der Waals surface area contributed by atoms with Crippen LogP contribution in [0.5, 0.6) is 11.5 Å². The van der Waals surface area contributed by atoms with Crippen molar-refractivity contribution < 1.29 is 28.8 Å². The molecule has 10 nitrogen and oxygen atoms in total. The standard InChI is InChI=1S/C30H25N3O7/c1-19-9-10-22(16-26(19)33(37)38)31-28(34)18-39-30(36)21-15-29(35)32(17-21)23-11-13-24(14-12-23)40-27-8-4-6-20-5-2-3-7-25(20)27/h2-14,16,21H,15,17-18H2,1H3,(H,31,34)/t21-/m0/s1. The SMILES string of the molecule is Cc1ccc(NC(=O)COC(=O)[C@H]2CC(=O)N(c3ccc(Oc4cccc5ccccc45)cc3)C2)cc1[N+](=O)[O-]. The van der Waals surface area contributed by atoms with E-state index in [2.05, 4.69) is 5.32 Å². The molecule has 202 valence electrons. The second-order valence-electron chi connectivity index (χ2n) is 9.39. The highest BCUT2D eigenvalue weighted by molar-refractivity contribution is 6.00. The van der Waals surface area contributed by atoms with Crippen LogP contribution in [-0.4, -0.2) is 35.9 Å². The summed E-state index contributed by atoms with van der Waals surface area (Å²) < 4.78 is 11.2. The van der Waals surface area contributed by atoms with Gasteiger partial charge in [0.25, 0.3) is 11.6 Å². The second kappa shape index (κ2) is 11.2. The lowest BCUT2D eigenvalue weighted by Gasteiger charge is -2.17. The fourth-order valence-electron chi connectivity index (χ4n) is 4.56. The van der Waals surface area contributed by atoms with E-state index in [4.69, 9.17) is 9.47 Å². The molecule has 4 aromatic carbocycles. The maximum atomic E-state index is 12.7. The molecule has 1 fully saturated rings. The third-order valence-electron chi connectivity index (χ3n) is 6.62. The summed E-state index contributed by atoms with van der Waals surface area (Å²) in [6.45, 7) is 1.13. The van der Waals surface area contributed by atoms with Crippen molar-refractivity contribution in [3.63, 3.8) is 0 Å². The molecule has 0 saturated carbocycles. The smallest absolute Gasteiger partial charge is 0.311 e. The highest BCUT2D eigenvalue weighted by atomic mass is 16.6. The van der Waals surface area contributed by atoms with Gasteiger partial charge < -0.3 is 19.7 Å². The summed E-state index contributed by atoms with van der Waals surface area (Å²) in [7, 11) is 0. The lowest BCUT2D eigenvalue weighted by molar-refractivity contribution is -0.385. The van der Waals surface area contributed by atoms with Crippen LogP contribution in [0.1, 0.15) is 12.0 Å². The zero-order valence-corrected chi connectivity index (χ0v) is 21.5. The molecule has 0 bridgehead atoms. The Kier molecular flexibility index (Phi) is 7.41. The van der Waals surface area contributed by atoms with Gasteiger partial charge in [-0.2, -0.15) is 0 Å². The monoisotopic (exact) mass is 539 g/mol.